The first kappa shape index (κ1) is 25.5. The molecule has 0 unspecified atom stereocenters. The molecule has 6 rings (SSSR count). The molecule has 0 aliphatic carbocycles. The van der Waals surface area contributed by atoms with Crippen molar-refractivity contribution in [3.63, 3.8) is 0 Å². The third kappa shape index (κ3) is 4.78. The zero-order chi connectivity index (χ0) is 27.1. The number of piperazine rings is 1. The number of benzene rings is 2. The maximum Gasteiger partial charge on any atom is 0.358 e. The summed E-state index contributed by atoms with van der Waals surface area (Å²) in [5.74, 6) is -0.591. The Morgan fingerprint density at radius 3 is 2.82 bits per heavy atom. The van der Waals surface area contributed by atoms with Crippen LogP contribution in [0, 0.1) is 12.7 Å². The predicted octanol–water partition coefficient (Wildman–Crippen LogP) is 4.90. The van der Waals surface area contributed by atoms with Crippen molar-refractivity contribution in [2.24, 2.45) is 0 Å². The van der Waals surface area contributed by atoms with Gasteiger partial charge >= 0.3 is 5.97 Å². The van der Waals surface area contributed by atoms with Crippen LogP contribution in [-0.4, -0.2) is 64.2 Å². The van der Waals surface area contributed by atoms with E-state index in [4.69, 9.17) is 4.74 Å². The van der Waals surface area contributed by atoms with Crippen LogP contribution in [-0.2, 0) is 24.0 Å². The lowest BCUT2D eigenvalue weighted by Crippen LogP contribution is -2.52. The summed E-state index contributed by atoms with van der Waals surface area (Å²) >= 11 is 0. The first-order valence-corrected chi connectivity index (χ1v) is 13.8. The number of imidazole rings is 1. The lowest BCUT2D eigenvalue weighted by atomic mass is 9.94. The number of halogens is 1. The number of nitrogens with zero attached hydrogens (tertiary/aromatic N) is 5. The van der Waals surface area contributed by atoms with Gasteiger partial charge in [-0.15, -0.1) is 0 Å². The summed E-state index contributed by atoms with van der Waals surface area (Å²) < 4.78 is 21.7. The van der Waals surface area contributed by atoms with E-state index < -0.39 is 0 Å². The number of aryl methyl sites for hydroxylation is 1. The minimum absolute atomic E-state index is 0.241. The number of carbonyl (C=O) groups is 1. The molecule has 7 nitrogen and oxygen atoms in total. The highest BCUT2D eigenvalue weighted by Gasteiger charge is 2.28. The fourth-order valence-electron chi connectivity index (χ4n) is 6.16. The Hall–Kier alpha value is -3.78. The van der Waals surface area contributed by atoms with Crippen molar-refractivity contribution in [2.75, 3.05) is 37.7 Å². The van der Waals surface area contributed by atoms with Crippen molar-refractivity contribution in [3.8, 4) is 5.69 Å². The number of fused-ring (bicyclic) bond motifs is 4. The van der Waals surface area contributed by atoms with E-state index in [1.165, 1.54) is 17.2 Å². The highest BCUT2D eigenvalue weighted by Crippen LogP contribution is 2.31. The van der Waals surface area contributed by atoms with E-state index in [1.54, 1.807) is 12.4 Å². The van der Waals surface area contributed by atoms with Crippen LogP contribution in [0.4, 0.5) is 10.1 Å². The van der Waals surface area contributed by atoms with Crippen LogP contribution in [0.25, 0.3) is 16.6 Å². The first-order chi connectivity index (χ1) is 18.9. The molecule has 4 aromatic rings. The molecule has 1 saturated heterocycles. The summed E-state index contributed by atoms with van der Waals surface area (Å²) in [6.07, 6.45) is 4.35. The maximum absolute atomic E-state index is 14.5. The summed E-state index contributed by atoms with van der Waals surface area (Å²) in [7, 11) is 0. The Kier molecular flexibility index (Phi) is 6.81. The van der Waals surface area contributed by atoms with Gasteiger partial charge in [0.25, 0.3) is 0 Å². The van der Waals surface area contributed by atoms with Gasteiger partial charge in [-0.05, 0) is 75.4 Å². The number of aromatic nitrogens is 3. The largest absolute Gasteiger partial charge is 0.461 e. The van der Waals surface area contributed by atoms with Gasteiger partial charge in [0.05, 0.1) is 23.5 Å². The predicted molar refractivity (Wildman–Crippen MR) is 150 cm³/mol. The van der Waals surface area contributed by atoms with Gasteiger partial charge < -0.3 is 14.2 Å². The number of anilines is 1. The molecule has 0 radical (unpaired) electrons. The van der Waals surface area contributed by atoms with Crippen molar-refractivity contribution >= 4 is 22.6 Å². The van der Waals surface area contributed by atoms with Crippen LogP contribution in [0.15, 0.2) is 48.8 Å². The van der Waals surface area contributed by atoms with Gasteiger partial charge in [0.15, 0.2) is 5.69 Å². The Morgan fingerprint density at radius 1 is 1.13 bits per heavy atom. The summed E-state index contributed by atoms with van der Waals surface area (Å²) in [6.45, 7) is 9.91. The molecule has 0 bridgehead atoms. The van der Waals surface area contributed by atoms with E-state index in [0.717, 1.165) is 73.6 Å². The number of hydrogen-bond acceptors (Lipinski definition) is 6. The third-order valence-corrected chi connectivity index (χ3v) is 8.12. The van der Waals surface area contributed by atoms with E-state index in [1.807, 2.05) is 19.9 Å². The van der Waals surface area contributed by atoms with E-state index in [-0.39, 0.29) is 11.8 Å². The Labute approximate surface area is 228 Å². The van der Waals surface area contributed by atoms with Gasteiger partial charge in [0.1, 0.15) is 12.1 Å². The topological polar surface area (TPSA) is 63.5 Å². The zero-order valence-corrected chi connectivity index (χ0v) is 22.8. The molecule has 1 fully saturated rings. The minimum Gasteiger partial charge on any atom is -0.461 e. The Bertz CT molecular complexity index is 1540. The molecule has 4 heterocycles. The maximum atomic E-state index is 14.5. The molecule has 2 aromatic heterocycles. The quantitative estimate of drug-likeness (QED) is 0.333. The lowest BCUT2D eigenvalue weighted by molar-refractivity contribution is 0.0518. The van der Waals surface area contributed by atoms with Crippen molar-refractivity contribution in [1.29, 1.82) is 0 Å². The minimum atomic E-state index is -0.350. The monoisotopic (exact) mass is 527 g/mol. The molecule has 2 aromatic carbocycles. The number of esters is 1. The summed E-state index contributed by atoms with van der Waals surface area (Å²) in [5.41, 5.74) is 7.67. The fraction of sp³-hybridized carbons (Fsp3) is 0.387. The molecule has 0 amide bonds. The van der Waals surface area contributed by atoms with Crippen LogP contribution in [0.2, 0.25) is 0 Å². The normalized spacial score (nSPS) is 17.2. The number of rotatable bonds is 6. The van der Waals surface area contributed by atoms with Crippen molar-refractivity contribution in [1.82, 2.24) is 19.4 Å². The van der Waals surface area contributed by atoms with Crippen LogP contribution < -0.4 is 4.90 Å². The average Bonchev–Trinajstić information content (AvgIpc) is 3.37. The van der Waals surface area contributed by atoms with Crippen LogP contribution in [0.1, 0.15) is 46.9 Å². The first-order valence-electron chi connectivity index (χ1n) is 13.8. The molecule has 2 aliphatic rings. The molecule has 202 valence electrons. The second-order valence-electron chi connectivity index (χ2n) is 10.6. The van der Waals surface area contributed by atoms with Crippen LogP contribution >= 0.6 is 0 Å². The van der Waals surface area contributed by atoms with Crippen LogP contribution in [0.5, 0.6) is 0 Å². The van der Waals surface area contributed by atoms with Crippen molar-refractivity contribution in [2.45, 2.75) is 46.1 Å². The molecular formula is C31H34FN5O2. The van der Waals surface area contributed by atoms with E-state index in [2.05, 4.69) is 55.5 Å². The van der Waals surface area contributed by atoms with Gasteiger partial charge in [-0.2, -0.15) is 0 Å². The van der Waals surface area contributed by atoms with Crippen molar-refractivity contribution in [3.05, 3.63) is 82.8 Å². The standard InChI is InChI=1S/C31H34FN5O2/c1-4-39-31(38)30-28-11-10-24-22(6-5-7-27(24)37(28)19-33-30)12-13-35-14-15-36(18-21(35)3)29-17-23(32)16-26-25(29)9-8-20(2)34-26/h5-9,16-17,19,21H,4,10-15,18H2,1-3H3/t21-/m1/s1. The van der Waals surface area contributed by atoms with Gasteiger partial charge in [0.2, 0.25) is 0 Å². The van der Waals surface area contributed by atoms with Crippen LogP contribution in [0.3, 0.4) is 0 Å². The second kappa shape index (κ2) is 10.4. The van der Waals surface area contributed by atoms with Crippen molar-refractivity contribution < 1.29 is 13.9 Å². The highest BCUT2D eigenvalue weighted by molar-refractivity contribution is 5.92. The number of ether oxygens (including phenoxy) is 1. The SMILES string of the molecule is CCOC(=O)c1ncn2c1CCc1c(CCN3CCN(c4cc(F)cc5nc(C)ccc45)C[C@H]3C)cccc1-2. The molecule has 39 heavy (non-hydrogen) atoms. The van der Waals surface area contributed by atoms with E-state index in [9.17, 15) is 9.18 Å². The molecular weight excluding hydrogens is 493 g/mol. The molecule has 2 aliphatic heterocycles. The average molecular weight is 528 g/mol. The zero-order valence-electron chi connectivity index (χ0n) is 22.8. The van der Waals surface area contributed by atoms with Gasteiger partial charge in [0, 0.05) is 55.1 Å². The summed E-state index contributed by atoms with van der Waals surface area (Å²) in [4.78, 5) is 26.1. The Morgan fingerprint density at radius 2 is 2.00 bits per heavy atom. The van der Waals surface area contributed by atoms with Gasteiger partial charge in [-0.3, -0.25) is 9.88 Å². The number of carbonyl (C=O) groups excluding carboxylic acids is 1. The van der Waals surface area contributed by atoms with E-state index >= 15 is 0 Å². The smallest absolute Gasteiger partial charge is 0.358 e. The second-order valence-corrected chi connectivity index (χ2v) is 10.6. The Balaban J connectivity index is 1.16. The summed E-state index contributed by atoms with van der Waals surface area (Å²) in [5, 5.41) is 1.00. The van der Waals surface area contributed by atoms with Gasteiger partial charge in [-0.25, -0.2) is 14.2 Å². The molecule has 0 spiro atoms. The van der Waals surface area contributed by atoms with Gasteiger partial charge in [-0.1, -0.05) is 12.1 Å². The number of hydrogen-bond donors (Lipinski definition) is 0. The molecule has 1 atom stereocenters. The highest BCUT2D eigenvalue weighted by atomic mass is 19.1. The van der Waals surface area contributed by atoms with E-state index in [0.29, 0.717) is 23.9 Å². The summed E-state index contributed by atoms with van der Waals surface area (Å²) in [6, 6.07) is 14.0. The lowest BCUT2D eigenvalue weighted by Gasteiger charge is -2.41. The number of pyridine rings is 1. The fourth-order valence-corrected chi connectivity index (χ4v) is 6.16. The molecule has 0 saturated carbocycles. The molecule has 0 N–H and O–H groups in total. The molecule has 8 heteroatoms. The third-order valence-electron chi connectivity index (χ3n) is 8.12.